The van der Waals surface area contributed by atoms with E-state index >= 15 is 0 Å². The van der Waals surface area contributed by atoms with E-state index in [1.54, 1.807) is 0 Å². The van der Waals surface area contributed by atoms with Gasteiger partial charge in [-0.2, -0.15) is 0 Å². The number of aliphatic hydroxyl groups excluding tert-OH is 1. The van der Waals surface area contributed by atoms with Crippen molar-refractivity contribution in [2.75, 3.05) is 18.0 Å². The van der Waals surface area contributed by atoms with Crippen molar-refractivity contribution in [3.8, 4) is 0 Å². The Kier molecular flexibility index (Phi) is 4.06. The van der Waals surface area contributed by atoms with E-state index in [1.807, 2.05) is 19.9 Å². The molecule has 4 nitrogen and oxygen atoms in total. The van der Waals surface area contributed by atoms with Crippen LogP contribution in [0.4, 0.5) is 5.69 Å². The highest BCUT2D eigenvalue weighted by atomic mass is 32.1. The van der Waals surface area contributed by atoms with Gasteiger partial charge >= 0.3 is 0 Å². The molecule has 5 heteroatoms. The lowest BCUT2D eigenvalue weighted by Crippen LogP contribution is -2.43. The van der Waals surface area contributed by atoms with E-state index in [4.69, 9.17) is 18.0 Å². The second-order valence-corrected chi connectivity index (χ2v) is 5.83. The van der Waals surface area contributed by atoms with Gasteiger partial charge in [0.2, 0.25) is 0 Å². The number of pyridine rings is 1. The van der Waals surface area contributed by atoms with E-state index in [1.165, 1.54) is 0 Å². The number of aromatic nitrogens is 1. The normalized spacial score (nSPS) is 23.5. The van der Waals surface area contributed by atoms with Gasteiger partial charge in [0.25, 0.3) is 0 Å². The fraction of sp³-hybridized carbons (Fsp3) is 0.571. The highest BCUT2D eigenvalue weighted by Gasteiger charge is 2.26. The topological polar surface area (TPSA) is 62.4 Å². The summed E-state index contributed by atoms with van der Waals surface area (Å²) in [6, 6.07) is 2.00. The summed E-state index contributed by atoms with van der Waals surface area (Å²) < 4.78 is 0. The average Bonchev–Trinajstić information content (AvgIpc) is 2.31. The van der Waals surface area contributed by atoms with Gasteiger partial charge in [-0.3, -0.25) is 4.98 Å². The van der Waals surface area contributed by atoms with Gasteiger partial charge in [-0.05, 0) is 32.3 Å². The minimum atomic E-state index is -0.304. The Hall–Kier alpha value is -1.20. The Bertz CT molecular complexity index is 504. The van der Waals surface area contributed by atoms with Crippen LogP contribution in [0.5, 0.6) is 0 Å². The molecule has 19 heavy (non-hydrogen) atoms. The van der Waals surface area contributed by atoms with Crippen molar-refractivity contribution in [3.05, 3.63) is 23.0 Å². The maximum atomic E-state index is 10.1. The number of rotatable bonds is 2. The minimum absolute atomic E-state index is 0.304. The minimum Gasteiger partial charge on any atom is -0.391 e. The van der Waals surface area contributed by atoms with Gasteiger partial charge in [0.1, 0.15) is 4.99 Å². The first-order valence-electron chi connectivity index (χ1n) is 6.61. The zero-order valence-corrected chi connectivity index (χ0v) is 12.5. The Morgan fingerprint density at radius 1 is 1.53 bits per heavy atom. The molecule has 2 heterocycles. The first-order valence-corrected chi connectivity index (χ1v) is 7.02. The Morgan fingerprint density at radius 3 is 2.79 bits per heavy atom. The van der Waals surface area contributed by atoms with E-state index in [0.717, 1.165) is 35.6 Å². The first-order chi connectivity index (χ1) is 8.90. The molecule has 2 atom stereocenters. The van der Waals surface area contributed by atoms with Crippen LogP contribution in [-0.2, 0) is 0 Å². The molecule has 0 spiro atoms. The molecule has 1 saturated heterocycles. The summed E-state index contributed by atoms with van der Waals surface area (Å²) in [6.45, 7) is 7.51. The number of β-amino-alcohol motifs (C(OH)–C–C–N with tert-alkyl or cyclic N) is 1. The van der Waals surface area contributed by atoms with Gasteiger partial charge in [-0.25, -0.2) is 0 Å². The summed E-state index contributed by atoms with van der Waals surface area (Å²) in [5.74, 6) is 0.341. The van der Waals surface area contributed by atoms with E-state index in [2.05, 4.69) is 16.8 Å². The summed E-state index contributed by atoms with van der Waals surface area (Å²) in [4.78, 5) is 6.96. The molecule has 1 aliphatic rings. The van der Waals surface area contributed by atoms with Gasteiger partial charge in [-0.15, -0.1) is 0 Å². The van der Waals surface area contributed by atoms with Crippen LogP contribution < -0.4 is 10.6 Å². The maximum Gasteiger partial charge on any atom is 0.107 e. The SMILES string of the molecule is Cc1cc(N2CCC(C)C(O)C2)c(C(N)=S)c(C)n1. The van der Waals surface area contributed by atoms with Crippen molar-refractivity contribution in [2.24, 2.45) is 11.7 Å². The molecule has 2 rings (SSSR count). The van der Waals surface area contributed by atoms with Crippen molar-refractivity contribution >= 4 is 22.9 Å². The number of nitrogens with two attached hydrogens (primary N) is 1. The monoisotopic (exact) mass is 279 g/mol. The van der Waals surface area contributed by atoms with Crippen LogP contribution in [0.15, 0.2) is 6.07 Å². The van der Waals surface area contributed by atoms with E-state index in [0.29, 0.717) is 17.5 Å². The molecule has 1 fully saturated rings. The van der Waals surface area contributed by atoms with Gasteiger partial charge < -0.3 is 15.7 Å². The number of anilines is 1. The Morgan fingerprint density at radius 2 is 2.21 bits per heavy atom. The number of hydrogen-bond acceptors (Lipinski definition) is 4. The van der Waals surface area contributed by atoms with Crippen LogP contribution in [0.25, 0.3) is 0 Å². The molecular weight excluding hydrogens is 258 g/mol. The van der Waals surface area contributed by atoms with Crippen molar-refractivity contribution in [2.45, 2.75) is 33.3 Å². The maximum absolute atomic E-state index is 10.1. The van der Waals surface area contributed by atoms with Crippen LogP contribution in [0.2, 0.25) is 0 Å². The van der Waals surface area contributed by atoms with Gasteiger partial charge in [0.15, 0.2) is 0 Å². The van der Waals surface area contributed by atoms with Crippen LogP contribution in [0.1, 0.15) is 30.3 Å². The number of piperidine rings is 1. The summed E-state index contributed by atoms with van der Waals surface area (Å²) in [5, 5.41) is 10.1. The molecule has 3 N–H and O–H groups in total. The third kappa shape index (κ3) is 2.87. The number of hydrogen-bond donors (Lipinski definition) is 2. The Balaban J connectivity index is 2.41. The Labute approximate surface area is 119 Å². The van der Waals surface area contributed by atoms with E-state index in [9.17, 15) is 5.11 Å². The van der Waals surface area contributed by atoms with Crippen molar-refractivity contribution in [1.29, 1.82) is 0 Å². The average molecular weight is 279 g/mol. The molecule has 1 aromatic heterocycles. The van der Waals surface area contributed by atoms with Crippen molar-refractivity contribution in [1.82, 2.24) is 4.98 Å². The highest BCUT2D eigenvalue weighted by molar-refractivity contribution is 7.80. The third-order valence-electron chi connectivity index (χ3n) is 3.81. The molecule has 104 valence electrons. The second kappa shape index (κ2) is 5.43. The predicted molar refractivity (Wildman–Crippen MR) is 81.6 cm³/mol. The summed E-state index contributed by atoms with van der Waals surface area (Å²) in [7, 11) is 0. The zero-order chi connectivity index (χ0) is 14.2. The standard InChI is InChI=1S/C14H21N3OS/c1-8-4-5-17(7-12(8)18)11-6-9(2)16-10(3)13(11)14(15)19/h6,8,12,18H,4-5,7H2,1-3H3,(H2,15,19). The summed E-state index contributed by atoms with van der Waals surface area (Å²) in [6.07, 6.45) is 0.667. The predicted octanol–water partition coefficient (Wildman–Crippen LogP) is 1.54. The van der Waals surface area contributed by atoms with Crippen LogP contribution in [0.3, 0.4) is 0 Å². The number of aliphatic hydroxyl groups is 1. The van der Waals surface area contributed by atoms with Crippen molar-refractivity contribution < 1.29 is 5.11 Å². The molecule has 0 aromatic carbocycles. The van der Waals surface area contributed by atoms with Gasteiger partial charge in [0.05, 0.1) is 17.4 Å². The van der Waals surface area contributed by atoms with E-state index in [-0.39, 0.29) is 6.10 Å². The van der Waals surface area contributed by atoms with Crippen LogP contribution >= 0.6 is 12.2 Å². The zero-order valence-electron chi connectivity index (χ0n) is 11.7. The molecule has 0 saturated carbocycles. The van der Waals surface area contributed by atoms with Crippen LogP contribution in [0, 0.1) is 19.8 Å². The largest absolute Gasteiger partial charge is 0.391 e. The molecular formula is C14H21N3OS. The lowest BCUT2D eigenvalue weighted by atomic mass is 9.95. The summed E-state index contributed by atoms with van der Waals surface area (Å²) >= 11 is 5.15. The second-order valence-electron chi connectivity index (χ2n) is 5.39. The molecule has 1 aliphatic heterocycles. The fourth-order valence-corrected chi connectivity index (χ4v) is 2.88. The van der Waals surface area contributed by atoms with Crippen LogP contribution in [-0.4, -0.2) is 34.3 Å². The lowest BCUT2D eigenvalue weighted by molar-refractivity contribution is 0.103. The first kappa shape index (κ1) is 14.2. The highest BCUT2D eigenvalue weighted by Crippen LogP contribution is 2.28. The quantitative estimate of drug-likeness (QED) is 0.804. The number of aryl methyl sites for hydroxylation is 2. The summed E-state index contributed by atoms with van der Waals surface area (Å²) in [5.41, 5.74) is 9.48. The molecule has 0 aliphatic carbocycles. The third-order valence-corrected chi connectivity index (χ3v) is 4.02. The van der Waals surface area contributed by atoms with E-state index < -0.39 is 0 Å². The molecule has 1 aromatic rings. The number of nitrogens with zero attached hydrogens (tertiary/aromatic N) is 2. The van der Waals surface area contributed by atoms with Gasteiger partial charge in [0, 0.05) is 24.5 Å². The molecule has 0 radical (unpaired) electrons. The number of thiocarbonyl (C=S) groups is 1. The fourth-order valence-electron chi connectivity index (χ4n) is 2.63. The molecule has 0 bridgehead atoms. The van der Waals surface area contributed by atoms with Crippen molar-refractivity contribution in [3.63, 3.8) is 0 Å². The molecule has 2 unspecified atom stereocenters. The van der Waals surface area contributed by atoms with Gasteiger partial charge in [-0.1, -0.05) is 19.1 Å². The molecule has 0 amide bonds. The lowest BCUT2D eigenvalue weighted by Gasteiger charge is -2.37. The smallest absolute Gasteiger partial charge is 0.107 e.